The third kappa shape index (κ3) is 8.53. The number of aromatic nitrogens is 7. The Morgan fingerprint density at radius 2 is 1.25 bits per heavy atom. The predicted molar refractivity (Wildman–Crippen MR) is 234 cm³/mol. The second kappa shape index (κ2) is 17.2. The Labute approximate surface area is 331 Å². The molecule has 9 heteroatoms. The first-order chi connectivity index (χ1) is 28.1. The molecule has 0 atom stereocenters. The average molecular weight is 744 g/mol. The summed E-state index contributed by atoms with van der Waals surface area (Å²) in [6.07, 6.45) is 21.8. The first-order valence-electron chi connectivity index (χ1n) is 18.8. The molecule has 0 aliphatic carbocycles. The summed E-state index contributed by atoms with van der Waals surface area (Å²) in [6.45, 7) is 6.62. The summed E-state index contributed by atoms with van der Waals surface area (Å²) in [5.41, 5.74) is 15.2. The van der Waals surface area contributed by atoms with Gasteiger partial charge in [0, 0.05) is 84.7 Å². The molecule has 6 aromatic heterocycles. The Hall–Kier alpha value is -7.65. The van der Waals surface area contributed by atoms with Crippen LogP contribution in [0.25, 0.3) is 73.1 Å². The molecule has 1 aliphatic rings. The van der Waals surface area contributed by atoms with Gasteiger partial charge in [-0.1, -0.05) is 67.3 Å². The largest absolute Gasteiger partial charge is 0.358 e. The van der Waals surface area contributed by atoms with E-state index in [4.69, 9.17) is 0 Å². The summed E-state index contributed by atoms with van der Waals surface area (Å²) >= 11 is 0. The summed E-state index contributed by atoms with van der Waals surface area (Å²) in [5, 5.41) is 0. The number of hydrogen-bond donors (Lipinski definition) is 4. The summed E-state index contributed by atoms with van der Waals surface area (Å²) in [7, 11) is 0. The Morgan fingerprint density at radius 3 is 1.93 bits per heavy atom. The number of pyridine rings is 1. The highest BCUT2D eigenvalue weighted by atomic mass is 15.0. The number of nitrogens with one attached hydrogen (secondary N) is 4. The van der Waals surface area contributed by atoms with E-state index in [1.165, 1.54) is 0 Å². The van der Waals surface area contributed by atoms with Gasteiger partial charge in [0.25, 0.3) is 0 Å². The number of H-pyrrole nitrogens is 4. The molecular weight excluding hydrogens is 703 g/mol. The van der Waals surface area contributed by atoms with Crippen molar-refractivity contribution in [2.45, 2.75) is 13.3 Å². The van der Waals surface area contributed by atoms with Gasteiger partial charge in [-0.3, -0.25) is 9.98 Å². The molecule has 0 amide bonds. The number of aromatic amines is 4. The van der Waals surface area contributed by atoms with Crippen molar-refractivity contribution < 1.29 is 0 Å². The highest BCUT2D eigenvalue weighted by Gasteiger charge is 2.12. The molecule has 0 unspecified atom stereocenters. The molecule has 0 fully saturated rings. The van der Waals surface area contributed by atoms with Gasteiger partial charge in [0.2, 0.25) is 0 Å². The van der Waals surface area contributed by atoms with E-state index in [0.29, 0.717) is 5.82 Å². The van der Waals surface area contributed by atoms with Gasteiger partial charge in [-0.15, -0.1) is 0 Å². The van der Waals surface area contributed by atoms with E-state index in [0.717, 1.165) is 97.5 Å². The second-order valence-corrected chi connectivity index (χ2v) is 13.3. The molecule has 9 nitrogen and oxygen atoms in total. The molecule has 7 heterocycles. The summed E-state index contributed by atoms with van der Waals surface area (Å²) in [5.74, 6) is 1.46. The van der Waals surface area contributed by atoms with Gasteiger partial charge in [-0.05, 0) is 113 Å². The van der Waals surface area contributed by atoms with Crippen molar-refractivity contribution in [2.24, 2.45) is 9.98 Å². The first-order valence-corrected chi connectivity index (χ1v) is 18.8. The number of rotatable bonds is 10. The van der Waals surface area contributed by atoms with Gasteiger partial charge in [0.15, 0.2) is 11.7 Å². The topological polar surface area (TPSA) is 127 Å². The fraction of sp³-hybridized carbons (Fsp3) is 0.0625. The minimum atomic E-state index is 0.689. The molecule has 8 aromatic rings. The number of aliphatic imine (C=N–C) groups is 2. The lowest BCUT2D eigenvalue weighted by Crippen LogP contribution is -2.04. The van der Waals surface area contributed by atoms with Crippen molar-refractivity contribution in [3.8, 4) is 67.5 Å². The van der Waals surface area contributed by atoms with Gasteiger partial charge >= 0.3 is 0 Å². The summed E-state index contributed by atoms with van der Waals surface area (Å²) in [4.78, 5) is 35.1. The standard InChI is InChI=1S/C26H23N3.C22H18N6/c1-3-6-19(7-4-2)23-10-12-25(28-23)21-8-5-9-22(18-21)26-13-11-24(29-26)20-14-16-27-17-15-20;1-4-15(17-11-19(27-13-17)21-23-6-2-7-24-21)10-16(5-1)18-12-20(28-14-18)22-25-8-3-9-26-22/h3-18,28-29H,1H2,2H3;1-2,4-8,10-14,27-28H,3,9H2/b7-4-,19-6+;. The Morgan fingerprint density at radius 1 is 0.614 bits per heavy atom. The van der Waals surface area contributed by atoms with Crippen molar-refractivity contribution >= 4 is 17.6 Å². The maximum absolute atomic E-state index is 4.47. The van der Waals surface area contributed by atoms with Gasteiger partial charge in [0.1, 0.15) is 0 Å². The molecule has 0 spiro atoms. The van der Waals surface area contributed by atoms with Crippen molar-refractivity contribution in [2.75, 3.05) is 6.54 Å². The Kier molecular flexibility index (Phi) is 11.0. The van der Waals surface area contributed by atoms with Gasteiger partial charge in [-0.25, -0.2) is 15.0 Å². The van der Waals surface area contributed by atoms with Crippen LogP contribution in [0.1, 0.15) is 24.7 Å². The summed E-state index contributed by atoms with van der Waals surface area (Å²) in [6, 6.07) is 35.4. The number of hydrogen-bond acceptors (Lipinski definition) is 5. The highest BCUT2D eigenvalue weighted by molar-refractivity contribution is 6.03. The maximum atomic E-state index is 4.47. The van der Waals surface area contributed by atoms with E-state index >= 15 is 0 Å². The molecule has 0 bridgehead atoms. The molecular formula is C48H41N9. The smallest absolute Gasteiger partial charge is 0.175 e. The zero-order valence-corrected chi connectivity index (χ0v) is 31.5. The van der Waals surface area contributed by atoms with Crippen LogP contribution in [0, 0.1) is 0 Å². The van der Waals surface area contributed by atoms with Gasteiger partial charge in [-0.2, -0.15) is 0 Å². The number of benzene rings is 2. The van der Waals surface area contributed by atoms with E-state index in [9.17, 15) is 0 Å². The van der Waals surface area contributed by atoms with Crippen LogP contribution >= 0.6 is 0 Å². The minimum Gasteiger partial charge on any atom is -0.358 e. The quantitative estimate of drug-likeness (QED) is 0.104. The van der Waals surface area contributed by atoms with Crippen LogP contribution in [0.5, 0.6) is 0 Å². The second-order valence-electron chi connectivity index (χ2n) is 13.3. The molecule has 57 heavy (non-hydrogen) atoms. The molecule has 0 radical (unpaired) electrons. The van der Waals surface area contributed by atoms with Crippen LogP contribution in [0.4, 0.5) is 0 Å². The molecule has 0 saturated heterocycles. The van der Waals surface area contributed by atoms with Crippen molar-refractivity contribution in [1.82, 2.24) is 34.9 Å². The fourth-order valence-electron chi connectivity index (χ4n) is 6.66. The third-order valence-corrected chi connectivity index (χ3v) is 9.48. The highest BCUT2D eigenvalue weighted by Crippen LogP contribution is 2.31. The van der Waals surface area contributed by atoms with Gasteiger partial charge in [0.05, 0.1) is 11.4 Å². The molecule has 1 aliphatic heterocycles. The number of nitrogens with zero attached hydrogens (tertiary/aromatic N) is 5. The fourth-order valence-corrected chi connectivity index (χ4v) is 6.66. The normalized spacial score (nSPS) is 12.6. The van der Waals surface area contributed by atoms with Crippen LogP contribution in [0.3, 0.4) is 0 Å². The molecule has 0 saturated carbocycles. The number of amidine groups is 1. The van der Waals surface area contributed by atoms with Crippen molar-refractivity contribution in [1.29, 1.82) is 0 Å². The predicted octanol–water partition coefficient (Wildman–Crippen LogP) is 11.2. The maximum Gasteiger partial charge on any atom is 0.175 e. The van der Waals surface area contributed by atoms with Crippen LogP contribution in [-0.2, 0) is 0 Å². The minimum absolute atomic E-state index is 0.689. The van der Waals surface area contributed by atoms with E-state index in [1.807, 2.05) is 74.4 Å². The van der Waals surface area contributed by atoms with Crippen molar-refractivity contribution in [3.05, 3.63) is 183 Å². The van der Waals surface area contributed by atoms with Gasteiger partial charge < -0.3 is 19.9 Å². The molecule has 9 rings (SSSR count). The third-order valence-electron chi connectivity index (χ3n) is 9.48. The lowest BCUT2D eigenvalue weighted by molar-refractivity contribution is 1.03. The monoisotopic (exact) mass is 743 g/mol. The Balaban J connectivity index is 0.000000160. The number of allylic oxidation sites excluding steroid dienone is 5. The summed E-state index contributed by atoms with van der Waals surface area (Å²) < 4.78 is 0. The molecule has 2 aromatic carbocycles. The van der Waals surface area contributed by atoms with E-state index in [2.05, 4.69) is 142 Å². The van der Waals surface area contributed by atoms with Crippen LogP contribution < -0.4 is 0 Å². The lowest BCUT2D eigenvalue weighted by atomic mass is 10.0. The Bertz CT molecular complexity index is 2720. The molecule has 4 N–H and O–H groups in total. The average Bonchev–Trinajstić information content (AvgIpc) is 4.13. The SMILES string of the molecule is C1=NC(c2cc(-c3cccc(-c4c[nH]c(-c5ncccn5)c4)c3)c[nH]2)=NCC1.C=C/C=C(\C=C/C)c1ccc(-c2cccc(-c3ccc(-c4ccncc4)[nH]3)c2)[nH]1. The lowest BCUT2D eigenvalue weighted by Gasteiger charge is -2.04. The van der Waals surface area contributed by atoms with Crippen LogP contribution in [0.2, 0.25) is 0 Å². The first kappa shape index (κ1) is 36.3. The van der Waals surface area contributed by atoms with Crippen molar-refractivity contribution in [3.63, 3.8) is 0 Å². The van der Waals surface area contributed by atoms with E-state index < -0.39 is 0 Å². The zero-order chi connectivity index (χ0) is 38.8. The van der Waals surface area contributed by atoms with Crippen LogP contribution in [-0.4, -0.2) is 53.5 Å². The van der Waals surface area contributed by atoms with Crippen LogP contribution in [0.15, 0.2) is 181 Å². The zero-order valence-electron chi connectivity index (χ0n) is 31.5. The van der Waals surface area contributed by atoms with E-state index in [-0.39, 0.29) is 0 Å². The van der Waals surface area contributed by atoms with E-state index in [1.54, 1.807) is 12.4 Å². The molecule has 278 valence electrons.